The number of amides is 2. The van der Waals surface area contributed by atoms with Crippen LogP contribution in [0.1, 0.15) is 71.1 Å². The van der Waals surface area contributed by atoms with Gasteiger partial charge in [-0.25, -0.2) is 19.9 Å². The molecule has 0 radical (unpaired) electrons. The lowest BCUT2D eigenvalue weighted by molar-refractivity contribution is -0.0204. The molecule has 2 saturated heterocycles. The Balaban J connectivity index is 1.04. The molecule has 5 aromatic rings. The summed E-state index contributed by atoms with van der Waals surface area (Å²) < 4.78 is 10.8. The molecule has 4 atom stereocenters. The van der Waals surface area contributed by atoms with Gasteiger partial charge in [-0.3, -0.25) is 14.6 Å². The van der Waals surface area contributed by atoms with Crippen molar-refractivity contribution in [1.29, 1.82) is 0 Å². The highest BCUT2D eigenvalue weighted by molar-refractivity contribution is 6.01. The van der Waals surface area contributed by atoms with Gasteiger partial charge in [-0.15, -0.1) is 0 Å². The second-order valence-electron chi connectivity index (χ2n) is 15.2. The molecule has 2 aliphatic heterocycles. The first kappa shape index (κ1) is 30.7. The first-order valence-electron chi connectivity index (χ1n) is 18.4. The minimum atomic E-state index is -0.0753. The lowest BCUT2D eigenvalue weighted by atomic mass is 9.53. The zero-order valence-electron chi connectivity index (χ0n) is 29.0. The third-order valence-corrected chi connectivity index (χ3v) is 12.3. The fourth-order valence-corrected chi connectivity index (χ4v) is 9.53. The Morgan fingerprint density at radius 3 is 2.53 bits per heavy atom. The van der Waals surface area contributed by atoms with Crippen LogP contribution in [0.15, 0.2) is 53.9 Å². The summed E-state index contributed by atoms with van der Waals surface area (Å²) in [6.45, 7) is 2.90. The number of carbonyl (C=O) groups is 2. The number of piperidine rings is 1. The SMILES string of the molecule is C/N=C/c1ncc(C(=O)N2CCC(n3c(-c4cc5cccnc5n4CC4CC4)nc4cc(C(=O)N5CC6CC7CC5[C@H]76)cc(OC)c43)CC2)cn1. The van der Waals surface area contributed by atoms with Crippen LogP contribution >= 0.6 is 0 Å². The van der Waals surface area contributed by atoms with Crippen molar-refractivity contribution in [3.8, 4) is 17.3 Å². The lowest BCUT2D eigenvalue weighted by Gasteiger charge is -2.52. The van der Waals surface area contributed by atoms with E-state index in [4.69, 9.17) is 14.7 Å². The summed E-state index contributed by atoms with van der Waals surface area (Å²) in [5, 5.41) is 1.08. The van der Waals surface area contributed by atoms with Crippen LogP contribution in [0, 0.1) is 23.7 Å². The highest BCUT2D eigenvalue weighted by atomic mass is 16.5. The molecule has 0 spiro atoms. The van der Waals surface area contributed by atoms with Crippen molar-refractivity contribution in [2.45, 2.75) is 57.2 Å². The number of nitrogens with zero attached hydrogens (tertiary/aromatic N) is 9. The molecule has 0 bridgehead atoms. The standard InChI is InChI=1S/C39H41N9O3/c1-40-19-33-42-17-27(18-43-33)38(49)45-10-7-28(8-11-45)48-35-29(44-37(48)31-14-23-4-3-9-41-36(23)46(31)20-22-5-6-22)13-25(16-32(35)51-2)39(50)47-21-26-12-24-15-30(47)34(24)26/h3-4,9,13-14,16-19,22,24,26,28,30,34H,5-8,10-12,15,20-21H2,1-2H3/b40-19+/t24?,26?,30?,34-/m1/s1. The van der Waals surface area contributed by atoms with Gasteiger partial charge in [0.05, 0.1) is 30.1 Å². The minimum absolute atomic E-state index is 0.0466. The van der Waals surface area contributed by atoms with Crippen molar-refractivity contribution in [1.82, 2.24) is 38.9 Å². The van der Waals surface area contributed by atoms with E-state index in [9.17, 15) is 9.59 Å². The van der Waals surface area contributed by atoms with Crippen LogP contribution in [0.4, 0.5) is 0 Å². The predicted molar refractivity (Wildman–Crippen MR) is 192 cm³/mol. The van der Waals surface area contributed by atoms with Crippen molar-refractivity contribution < 1.29 is 14.3 Å². The Morgan fingerprint density at radius 1 is 0.980 bits per heavy atom. The quantitative estimate of drug-likeness (QED) is 0.204. The minimum Gasteiger partial charge on any atom is -0.494 e. The number of aliphatic imine (C=N–C) groups is 1. The number of likely N-dealkylation sites (tertiary alicyclic amines) is 2. The summed E-state index contributed by atoms with van der Waals surface area (Å²) in [5.41, 5.74) is 4.72. The number of rotatable bonds is 8. The van der Waals surface area contributed by atoms with Crippen molar-refractivity contribution in [2.24, 2.45) is 28.7 Å². The maximum Gasteiger partial charge on any atom is 0.256 e. The topological polar surface area (TPSA) is 124 Å². The first-order valence-corrected chi connectivity index (χ1v) is 18.4. The van der Waals surface area contributed by atoms with Crippen molar-refractivity contribution in [2.75, 3.05) is 33.8 Å². The number of carbonyl (C=O) groups excluding carboxylic acids is 2. The molecule has 10 rings (SSSR count). The summed E-state index contributed by atoms with van der Waals surface area (Å²) >= 11 is 0. The van der Waals surface area contributed by atoms with E-state index in [-0.39, 0.29) is 17.9 Å². The van der Waals surface area contributed by atoms with Crippen LogP contribution in [0.5, 0.6) is 5.75 Å². The summed E-state index contributed by atoms with van der Waals surface area (Å²) in [4.78, 5) is 54.4. The molecule has 6 heterocycles. The van der Waals surface area contributed by atoms with E-state index in [1.165, 1.54) is 19.3 Å². The monoisotopic (exact) mass is 683 g/mol. The van der Waals surface area contributed by atoms with E-state index in [1.54, 1.807) is 32.8 Å². The Morgan fingerprint density at radius 2 is 1.80 bits per heavy atom. The van der Waals surface area contributed by atoms with Crippen LogP contribution in [0.2, 0.25) is 0 Å². The molecule has 260 valence electrons. The van der Waals surface area contributed by atoms with Gasteiger partial charge in [-0.2, -0.15) is 0 Å². The number of pyridine rings is 1. The van der Waals surface area contributed by atoms with Crippen LogP contribution in [-0.2, 0) is 6.54 Å². The summed E-state index contributed by atoms with van der Waals surface area (Å²) in [5.74, 6) is 4.79. The molecule has 3 unspecified atom stereocenters. The molecular weight excluding hydrogens is 642 g/mol. The number of benzene rings is 1. The predicted octanol–water partition coefficient (Wildman–Crippen LogP) is 5.27. The molecule has 4 aromatic heterocycles. The molecule has 3 aliphatic carbocycles. The zero-order chi connectivity index (χ0) is 34.4. The largest absolute Gasteiger partial charge is 0.494 e. The van der Waals surface area contributed by atoms with E-state index in [0.717, 1.165) is 71.9 Å². The van der Waals surface area contributed by atoms with Gasteiger partial charge in [-0.05, 0) is 92.5 Å². The maximum absolute atomic E-state index is 14.1. The van der Waals surface area contributed by atoms with Crippen LogP contribution in [0.25, 0.3) is 33.6 Å². The number of aromatic nitrogens is 6. The van der Waals surface area contributed by atoms with Crippen molar-refractivity contribution >= 4 is 40.1 Å². The van der Waals surface area contributed by atoms with Gasteiger partial charge >= 0.3 is 0 Å². The molecule has 12 nitrogen and oxygen atoms in total. The highest BCUT2D eigenvalue weighted by Crippen LogP contribution is 2.61. The second-order valence-corrected chi connectivity index (χ2v) is 15.2. The molecule has 5 fully saturated rings. The Bertz CT molecular complexity index is 2230. The second kappa shape index (κ2) is 11.7. The summed E-state index contributed by atoms with van der Waals surface area (Å²) in [7, 11) is 3.35. The van der Waals surface area contributed by atoms with E-state index >= 15 is 0 Å². The highest BCUT2D eigenvalue weighted by Gasteiger charge is 2.61. The Labute approximate surface area is 295 Å². The van der Waals surface area contributed by atoms with Crippen LogP contribution < -0.4 is 4.74 Å². The number of imidazole rings is 1. The average molecular weight is 684 g/mol. The maximum atomic E-state index is 14.1. The van der Waals surface area contributed by atoms with E-state index < -0.39 is 0 Å². The van der Waals surface area contributed by atoms with Gasteiger partial charge in [0.25, 0.3) is 11.8 Å². The smallest absolute Gasteiger partial charge is 0.256 e. The van der Waals surface area contributed by atoms with Gasteiger partial charge < -0.3 is 23.7 Å². The van der Waals surface area contributed by atoms with Gasteiger partial charge in [0.2, 0.25) is 0 Å². The third kappa shape index (κ3) is 4.89. The number of hydrogen-bond donors (Lipinski definition) is 0. The molecule has 2 amide bonds. The molecule has 1 aromatic carbocycles. The van der Waals surface area contributed by atoms with E-state index in [1.807, 2.05) is 29.3 Å². The van der Waals surface area contributed by atoms with Gasteiger partial charge in [-0.1, -0.05) is 0 Å². The molecular formula is C39H41N9O3. The Hall–Kier alpha value is -5.13. The summed E-state index contributed by atoms with van der Waals surface area (Å²) in [6.07, 6.45) is 12.9. The molecule has 5 aliphatic rings. The van der Waals surface area contributed by atoms with Crippen LogP contribution in [0.3, 0.4) is 0 Å². The molecule has 3 saturated carbocycles. The van der Waals surface area contributed by atoms with Gasteiger partial charge in [0.1, 0.15) is 16.9 Å². The third-order valence-electron chi connectivity index (χ3n) is 12.3. The molecule has 51 heavy (non-hydrogen) atoms. The number of ether oxygens (including phenoxy) is 1. The van der Waals surface area contributed by atoms with Crippen LogP contribution in [-0.4, -0.2) is 96.7 Å². The fraction of sp³-hybridized carbons (Fsp3) is 0.462. The average Bonchev–Trinajstić information content (AvgIpc) is 3.79. The first-order chi connectivity index (χ1) is 25.0. The van der Waals surface area contributed by atoms with Gasteiger partial charge in [0, 0.05) is 74.9 Å². The number of fused-ring (bicyclic) bond motifs is 2. The van der Waals surface area contributed by atoms with Crippen molar-refractivity contribution in [3.05, 3.63) is 65.9 Å². The zero-order valence-corrected chi connectivity index (χ0v) is 29.0. The number of methoxy groups -OCH3 is 1. The molecule has 12 heteroatoms. The van der Waals surface area contributed by atoms with E-state index in [2.05, 4.69) is 41.1 Å². The van der Waals surface area contributed by atoms with Gasteiger partial charge in [0.15, 0.2) is 11.6 Å². The number of hydrogen-bond acceptors (Lipinski definition) is 8. The lowest BCUT2D eigenvalue weighted by Crippen LogP contribution is -2.53. The Kier molecular flexibility index (Phi) is 7.04. The van der Waals surface area contributed by atoms with Crippen molar-refractivity contribution in [3.63, 3.8) is 0 Å². The fourth-order valence-electron chi connectivity index (χ4n) is 9.53. The molecule has 0 N–H and O–H groups in total. The van der Waals surface area contributed by atoms with E-state index in [0.29, 0.717) is 59.6 Å². The summed E-state index contributed by atoms with van der Waals surface area (Å²) in [6, 6.07) is 10.6. The normalized spacial score (nSPS) is 24.3.